The van der Waals surface area contributed by atoms with Crippen molar-refractivity contribution in [2.24, 2.45) is 0 Å². The number of carbonyl (C=O) groups excluding carboxylic acids is 2. The first-order valence-electron chi connectivity index (χ1n) is 9.98. The van der Waals surface area contributed by atoms with Gasteiger partial charge in [-0.3, -0.25) is 14.5 Å². The summed E-state index contributed by atoms with van der Waals surface area (Å²) < 4.78 is 23.8. The molecule has 0 unspecified atom stereocenters. The average molecular weight is 450 g/mol. The number of halogens is 2. The molecule has 2 amide bonds. The first kappa shape index (κ1) is 22.8. The Morgan fingerprint density at radius 3 is 2.42 bits per heavy atom. The Balaban J connectivity index is 1.55. The van der Waals surface area contributed by atoms with Gasteiger partial charge in [0.05, 0.1) is 25.3 Å². The molecule has 1 aliphatic rings. The third-order valence-electron chi connectivity index (χ3n) is 4.92. The molecule has 1 fully saturated rings. The summed E-state index contributed by atoms with van der Waals surface area (Å²) in [4.78, 5) is 28.8. The number of carbonyl (C=O) groups is 2. The number of ether oxygens (including phenoxy) is 2. The minimum Gasteiger partial charge on any atom is -0.493 e. The van der Waals surface area contributed by atoms with E-state index in [0.29, 0.717) is 60.6 Å². The maximum absolute atomic E-state index is 13.0. The van der Waals surface area contributed by atoms with Gasteiger partial charge in [-0.25, -0.2) is 4.39 Å². The van der Waals surface area contributed by atoms with Crippen LogP contribution in [0.2, 0.25) is 5.02 Å². The van der Waals surface area contributed by atoms with E-state index in [0.717, 1.165) is 0 Å². The molecule has 1 aliphatic heterocycles. The number of benzene rings is 2. The zero-order chi connectivity index (χ0) is 22.4. The molecule has 0 aliphatic carbocycles. The van der Waals surface area contributed by atoms with Crippen molar-refractivity contribution < 1.29 is 23.5 Å². The molecule has 2 aromatic rings. The highest BCUT2D eigenvalue weighted by Gasteiger charge is 2.25. The SMILES string of the molecule is CCOc1c(Cl)cc(C(=O)N2CCN(CC(=O)Nc3ccc(F)cc3)CC2)cc1OC. The van der Waals surface area contributed by atoms with Gasteiger partial charge in [0.25, 0.3) is 5.91 Å². The molecule has 7 nitrogen and oxygen atoms in total. The van der Waals surface area contributed by atoms with E-state index < -0.39 is 0 Å². The normalized spacial score (nSPS) is 14.3. The van der Waals surface area contributed by atoms with E-state index in [-0.39, 0.29) is 24.2 Å². The number of hydrogen-bond acceptors (Lipinski definition) is 5. The quantitative estimate of drug-likeness (QED) is 0.702. The third-order valence-corrected chi connectivity index (χ3v) is 5.20. The lowest BCUT2D eigenvalue weighted by Crippen LogP contribution is -2.50. The van der Waals surface area contributed by atoms with Crippen LogP contribution in [0.5, 0.6) is 11.5 Å². The van der Waals surface area contributed by atoms with Gasteiger partial charge in [-0.05, 0) is 43.3 Å². The fourth-order valence-electron chi connectivity index (χ4n) is 3.36. The predicted octanol–water partition coefficient (Wildman–Crippen LogP) is 3.28. The van der Waals surface area contributed by atoms with Gasteiger partial charge >= 0.3 is 0 Å². The van der Waals surface area contributed by atoms with Gasteiger partial charge in [-0.1, -0.05) is 11.6 Å². The molecule has 1 heterocycles. The summed E-state index contributed by atoms with van der Waals surface area (Å²) in [6, 6.07) is 8.83. The number of rotatable bonds is 7. The van der Waals surface area contributed by atoms with E-state index in [1.54, 1.807) is 17.0 Å². The molecule has 9 heteroatoms. The number of nitrogens with one attached hydrogen (secondary N) is 1. The molecule has 0 bridgehead atoms. The highest BCUT2D eigenvalue weighted by molar-refractivity contribution is 6.32. The van der Waals surface area contributed by atoms with Crippen molar-refractivity contribution in [3.05, 3.63) is 52.8 Å². The number of amides is 2. The molecule has 31 heavy (non-hydrogen) atoms. The van der Waals surface area contributed by atoms with Crippen molar-refractivity contribution in [3.63, 3.8) is 0 Å². The van der Waals surface area contributed by atoms with Crippen LogP contribution < -0.4 is 14.8 Å². The number of piperazine rings is 1. The van der Waals surface area contributed by atoms with Gasteiger partial charge in [0.1, 0.15) is 5.82 Å². The van der Waals surface area contributed by atoms with Gasteiger partial charge in [-0.15, -0.1) is 0 Å². The Bertz CT molecular complexity index is 931. The van der Waals surface area contributed by atoms with Gasteiger partial charge in [-0.2, -0.15) is 0 Å². The Morgan fingerprint density at radius 1 is 1.13 bits per heavy atom. The highest BCUT2D eigenvalue weighted by Crippen LogP contribution is 2.36. The second kappa shape index (κ2) is 10.5. The molecule has 0 saturated carbocycles. The zero-order valence-electron chi connectivity index (χ0n) is 17.5. The molecule has 1 saturated heterocycles. The number of nitrogens with zero attached hydrogens (tertiary/aromatic N) is 2. The van der Waals surface area contributed by atoms with Crippen molar-refractivity contribution in [3.8, 4) is 11.5 Å². The first-order chi connectivity index (χ1) is 14.9. The molecular weight excluding hydrogens is 425 g/mol. The van der Waals surface area contributed by atoms with Gasteiger partial charge < -0.3 is 19.7 Å². The topological polar surface area (TPSA) is 71.1 Å². The zero-order valence-corrected chi connectivity index (χ0v) is 18.2. The molecule has 1 N–H and O–H groups in total. The average Bonchev–Trinajstić information content (AvgIpc) is 2.76. The first-order valence-corrected chi connectivity index (χ1v) is 10.4. The molecule has 3 rings (SSSR count). The standard InChI is InChI=1S/C22H25ClFN3O4/c1-3-31-21-18(23)12-15(13-19(21)30-2)22(29)27-10-8-26(9-11-27)14-20(28)25-17-6-4-16(24)5-7-17/h4-7,12-13H,3,8-11,14H2,1-2H3,(H,25,28). The molecule has 0 atom stereocenters. The summed E-state index contributed by atoms with van der Waals surface area (Å²) in [7, 11) is 1.50. The molecule has 0 aromatic heterocycles. The summed E-state index contributed by atoms with van der Waals surface area (Å²) in [5, 5.41) is 3.06. The van der Waals surface area contributed by atoms with Crippen molar-refractivity contribution in [2.45, 2.75) is 6.92 Å². The summed E-state index contributed by atoms with van der Waals surface area (Å²) >= 11 is 6.28. The van der Waals surface area contributed by atoms with Crippen molar-refractivity contribution in [2.75, 3.05) is 51.8 Å². The van der Waals surface area contributed by atoms with Crippen LogP contribution in [-0.2, 0) is 4.79 Å². The van der Waals surface area contributed by atoms with Gasteiger partial charge in [0, 0.05) is 37.4 Å². The second-order valence-corrected chi connectivity index (χ2v) is 7.45. The van der Waals surface area contributed by atoms with Crippen LogP contribution in [0.3, 0.4) is 0 Å². The largest absolute Gasteiger partial charge is 0.493 e. The third kappa shape index (κ3) is 5.86. The molecule has 166 valence electrons. The fraction of sp³-hybridized carbons (Fsp3) is 0.364. The smallest absolute Gasteiger partial charge is 0.254 e. The molecule has 2 aromatic carbocycles. The monoisotopic (exact) mass is 449 g/mol. The number of methoxy groups -OCH3 is 1. The number of anilines is 1. The van der Waals surface area contributed by atoms with E-state index in [2.05, 4.69) is 5.32 Å². The maximum atomic E-state index is 13.0. The van der Waals surface area contributed by atoms with E-state index in [1.165, 1.54) is 31.4 Å². The second-order valence-electron chi connectivity index (χ2n) is 7.05. The fourth-order valence-corrected chi connectivity index (χ4v) is 3.62. The van der Waals surface area contributed by atoms with Crippen molar-refractivity contribution in [1.82, 2.24) is 9.80 Å². The van der Waals surface area contributed by atoms with E-state index in [4.69, 9.17) is 21.1 Å². The van der Waals surface area contributed by atoms with Crippen LogP contribution in [0.25, 0.3) is 0 Å². The number of hydrogen-bond donors (Lipinski definition) is 1. The van der Waals surface area contributed by atoms with Crippen LogP contribution in [0, 0.1) is 5.82 Å². The summed E-state index contributed by atoms with van der Waals surface area (Å²) in [6.07, 6.45) is 0. The molecular formula is C22H25ClFN3O4. The maximum Gasteiger partial charge on any atom is 0.254 e. The van der Waals surface area contributed by atoms with Gasteiger partial charge in [0.2, 0.25) is 5.91 Å². The van der Waals surface area contributed by atoms with Gasteiger partial charge in [0.15, 0.2) is 11.5 Å². The van der Waals surface area contributed by atoms with E-state index >= 15 is 0 Å². The van der Waals surface area contributed by atoms with Crippen LogP contribution in [0.4, 0.5) is 10.1 Å². The van der Waals surface area contributed by atoms with Crippen LogP contribution in [-0.4, -0.2) is 68.1 Å². The Labute approximate surface area is 185 Å². The lowest BCUT2D eigenvalue weighted by molar-refractivity contribution is -0.117. The predicted molar refractivity (Wildman–Crippen MR) is 117 cm³/mol. The Kier molecular flexibility index (Phi) is 7.70. The summed E-state index contributed by atoms with van der Waals surface area (Å²) in [5.74, 6) is 0.132. The van der Waals surface area contributed by atoms with Crippen molar-refractivity contribution >= 4 is 29.1 Å². The molecule has 0 spiro atoms. The van der Waals surface area contributed by atoms with Crippen LogP contribution >= 0.6 is 11.6 Å². The minimum absolute atomic E-state index is 0.154. The lowest BCUT2D eigenvalue weighted by Gasteiger charge is -2.34. The Morgan fingerprint density at radius 2 is 1.81 bits per heavy atom. The highest BCUT2D eigenvalue weighted by atomic mass is 35.5. The van der Waals surface area contributed by atoms with Crippen LogP contribution in [0.1, 0.15) is 17.3 Å². The van der Waals surface area contributed by atoms with E-state index in [9.17, 15) is 14.0 Å². The lowest BCUT2D eigenvalue weighted by atomic mass is 10.1. The summed E-state index contributed by atoms with van der Waals surface area (Å²) in [5.41, 5.74) is 0.967. The Hall–Kier alpha value is -2.84. The van der Waals surface area contributed by atoms with E-state index in [1.807, 2.05) is 11.8 Å². The molecule has 0 radical (unpaired) electrons. The summed E-state index contributed by atoms with van der Waals surface area (Å²) in [6.45, 7) is 4.55. The minimum atomic E-state index is -0.356. The van der Waals surface area contributed by atoms with Crippen LogP contribution in [0.15, 0.2) is 36.4 Å². The van der Waals surface area contributed by atoms with Crippen molar-refractivity contribution in [1.29, 1.82) is 0 Å².